The van der Waals surface area contributed by atoms with Gasteiger partial charge in [-0.25, -0.2) is 9.59 Å². The van der Waals surface area contributed by atoms with Crippen LogP contribution in [-0.4, -0.2) is 48.3 Å². The third-order valence-electron chi connectivity index (χ3n) is 2.72. The van der Waals surface area contributed by atoms with Gasteiger partial charge in [-0.05, 0) is 24.3 Å². The van der Waals surface area contributed by atoms with Crippen LogP contribution in [0, 0.1) is 0 Å². The van der Waals surface area contributed by atoms with Gasteiger partial charge >= 0.3 is 11.9 Å². The molecular formula is C16H18Cl2N2O5. The Balaban J connectivity index is 0.00000288. The number of nitrogens with zero attached hydrogens (tertiary/aromatic N) is 2. The summed E-state index contributed by atoms with van der Waals surface area (Å²) in [5, 5.41) is 0. The summed E-state index contributed by atoms with van der Waals surface area (Å²) in [6.45, 7) is 0.668. The molecular weight excluding hydrogens is 371 g/mol. The number of halogens is 2. The van der Waals surface area contributed by atoms with Crippen molar-refractivity contribution in [2.24, 2.45) is 0 Å². The van der Waals surface area contributed by atoms with Crippen LogP contribution in [0.4, 0.5) is 0 Å². The molecule has 0 aromatic carbocycles. The van der Waals surface area contributed by atoms with Gasteiger partial charge in [-0.2, -0.15) is 0 Å². The molecule has 2 aromatic rings. The maximum atomic E-state index is 11.6. The highest BCUT2D eigenvalue weighted by Crippen LogP contribution is 1.99. The first-order valence-electron chi connectivity index (χ1n) is 6.99. The molecule has 0 aliphatic heterocycles. The van der Waals surface area contributed by atoms with E-state index in [2.05, 4.69) is 9.97 Å². The minimum absolute atomic E-state index is 0. The Morgan fingerprint density at radius 3 is 1.56 bits per heavy atom. The van der Waals surface area contributed by atoms with Crippen molar-refractivity contribution in [3.63, 3.8) is 0 Å². The van der Waals surface area contributed by atoms with Crippen LogP contribution in [-0.2, 0) is 14.2 Å². The van der Waals surface area contributed by atoms with E-state index in [9.17, 15) is 9.59 Å². The number of ether oxygens (including phenoxy) is 3. The summed E-state index contributed by atoms with van der Waals surface area (Å²) in [7, 11) is 0. The van der Waals surface area contributed by atoms with E-state index < -0.39 is 11.9 Å². The third-order valence-corrected chi connectivity index (χ3v) is 2.72. The highest BCUT2D eigenvalue weighted by Gasteiger charge is 2.07. The Bertz CT molecular complexity index is 573. The summed E-state index contributed by atoms with van der Waals surface area (Å²) in [6, 6.07) is 6.55. The minimum Gasteiger partial charge on any atom is -0.460 e. The van der Waals surface area contributed by atoms with Gasteiger partial charge in [0.2, 0.25) is 0 Å². The third kappa shape index (κ3) is 8.44. The predicted octanol–water partition coefficient (Wildman–Crippen LogP) is 2.35. The number of aromatic nitrogens is 2. The lowest BCUT2D eigenvalue weighted by Crippen LogP contribution is -2.15. The Kier molecular flexibility index (Phi) is 11.9. The topological polar surface area (TPSA) is 87.6 Å². The molecule has 0 spiro atoms. The lowest BCUT2D eigenvalue weighted by molar-refractivity contribution is 0.0150. The second-order valence-corrected chi connectivity index (χ2v) is 4.37. The van der Waals surface area contributed by atoms with E-state index in [0.29, 0.717) is 11.1 Å². The molecule has 0 atom stereocenters. The normalized spacial score (nSPS) is 9.28. The van der Waals surface area contributed by atoms with Crippen LogP contribution in [0.25, 0.3) is 0 Å². The van der Waals surface area contributed by atoms with Gasteiger partial charge in [-0.15, -0.1) is 24.8 Å². The summed E-state index contributed by atoms with van der Waals surface area (Å²) < 4.78 is 15.2. The Morgan fingerprint density at radius 1 is 0.760 bits per heavy atom. The number of pyridine rings is 2. The van der Waals surface area contributed by atoms with E-state index in [1.807, 2.05) is 0 Å². The molecule has 0 unspecified atom stereocenters. The molecule has 2 aromatic heterocycles. The van der Waals surface area contributed by atoms with E-state index in [1.165, 1.54) is 12.4 Å². The second kappa shape index (κ2) is 13.1. The molecule has 0 N–H and O–H groups in total. The summed E-state index contributed by atoms with van der Waals surface area (Å²) in [5.74, 6) is -0.908. The van der Waals surface area contributed by atoms with E-state index in [4.69, 9.17) is 14.2 Å². The van der Waals surface area contributed by atoms with Crippen LogP contribution in [0.2, 0.25) is 0 Å². The van der Waals surface area contributed by atoms with Crippen LogP contribution >= 0.6 is 24.8 Å². The largest absolute Gasteiger partial charge is 0.460 e. The van der Waals surface area contributed by atoms with Crippen molar-refractivity contribution in [2.45, 2.75) is 0 Å². The van der Waals surface area contributed by atoms with Crippen molar-refractivity contribution in [3.05, 3.63) is 60.2 Å². The summed E-state index contributed by atoms with van der Waals surface area (Å²) in [4.78, 5) is 30.8. The van der Waals surface area contributed by atoms with E-state index in [1.54, 1.807) is 36.7 Å². The molecule has 9 heteroatoms. The molecule has 0 saturated carbocycles. The van der Waals surface area contributed by atoms with Crippen molar-refractivity contribution < 1.29 is 23.8 Å². The molecule has 0 radical (unpaired) electrons. The van der Waals surface area contributed by atoms with Crippen LogP contribution in [0.5, 0.6) is 0 Å². The fourth-order valence-electron chi connectivity index (χ4n) is 1.62. The van der Waals surface area contributed by atoms with Gasteiger partial charge in [0, 0.05) is 24.8 Å². The van der Waals surface area contributed by atoms with Crippen LogP contribution in [0.15, 0.2) is 49.1 Å². The number of carbonyl (C=O) groups excluding carboxylic acids is 2. The zero-order valence-corrected chi connectivity index (χ0v) is 14.8. The standard InChI is InChI=1S/C16H16N2O5.2ClH/c19-15(13-3-1-5-17-11-13)22-9-7-21-8-10-23-16(20)14-4-2-6-18-12-14;;/h1-6,11-12H,7-10H2;2*1H. The average molecular weight is 389 g/mol. The molecule has 0 aliphatic rings. The lowest BCUT2D eigenvalue weighted by Gasteiger charge is -2.07. The van der Waals surface area contributed by atoms with Gasteiger partial charge in [0.15, 0.2) is 0 Å². The first-order valence-corrected chi connectivity index (χ1v) is 6.99. The molecule has 0 aliphatic carbocycles. The number of esters is 2. The van der Waals surface area contributed by atoms with Gasteiger partial charge < -0.3 is 14.2 Å². The molecule has 136 valence electrons. The maximum Gasteiger partial charge on any atom is 0.339 e. The number of carbonyl (C=O) groups is 2. The van der Waals surface area contributed by atoms with E-state index in [0.717, 1.165) is 0 Å². The van der Waals surface area contributed by atoms with Crippen molar-refractivity contribution in [3.8, 4) is 0 Å². The van der Waals surface area contributed by atoms with Crippen LogP contribution in [0.3, 0.4) is 0 Å². The predicted molar refractivity (Wildman–Crippen MR) is 94.4 cm³/mol. The smallest absolute Gasteiger partial charge is 0.339 e. The monoisotopic (exact) mass is 388 g/mol. The molecule has 0 bridgehead atoms. The van der Waals surface area contributed by atoms with Crippen molar-refractivity contribution in [1.29, 1.82) is 0 Å². The molecule has 0 fully saturated rings. The molecule has 0 saturated heterocycles. The molecule has 2 heterocycles. The second-order valence-electron chi connectivity index (χ2n) is 4.37. The van der Waals surface area contributed by atoms with E-state index >= 15 is 0 Å². The van der Waals surface area contributed by atoms with E-state index in [-0.39, 0.29) is 51.2 Å². The van der Waals surface area contributed by atoms with Gasteiger partial charge in [0.25, 0.3) is 0 Å². The first kappa shape index (κ1) is 22.8. The fourth-order valence-corrected chi connectivity index (χ4v) is 1.62. The van der Waals surface area contributed by atoms with Crippen LogP contribution < -0.4 is 0 Å². The minimum atomic E-state index is -0.454. The summed E-state index contributed by atoms with van der Waals surface area (Å²) in [6.07, 6.45) is 6.02. The Labute approximate surface area is 157 Å². The van der Waals surface area contributed by atoms with Gasteiger partial charge in [-0.3, -0.25) is 9.97 Å². The van der Waals surface area contributed by atoms with Crippen molar-refractivity contribution in [2.75, 3.05) is 26.4 Å². The van der Waals surface area contributed by atoms with Gasteiger partial charge in [0.05, 0.1) is 24.3 Å². The number of hydrogen-bond donors (Lipinski definition) is 0. The quantitative estimate of drug-likeness (QED) is 0.506. The first-order chi connectivity index (χ1) is 11.3. The number of rotatable bonds is 8. The van der Waals surface area contributed by atoms with Crippen molar-refractivity contribution in [1.82, 2.24) is 9.97 Å². The average Bonchev–Trinajstić information content (AvgIpc) is 2.62. The zero-order valence-electron chi connectivity index (χ0n) is 13.2. The molecule has 25 heavy (non-hydrogen) atoms. The highest BCUT2D eigenvalue weighted by atomic mass is 35.5. The molecule has 0 amide bonds. The summed E-state index contributed by atoms with van der Waals surface area (Å²) in [5.41, 5.74) is 0.774. The maximum absolute atomic E-state index is 11.6. The van der Waals surface area contributed by atoms with Crippen molar-refractivity contribution >= 4 is 36.8 Å². The zero-order chi connectivity index (χ0) is 16.3. The molecule has 2 rings (SSSR count). The van der Waals surface area contributed by atoms with Gasteiger partial charge in [-0.1, -0.05) is 0 Å². The van der Waals surface area contributed by atoms with Gasteiger partial charge in [0.1, 0.15) is 13.2 Å². The molecule has 7 nitrogen and oxygen atoms in total. The fraction of sp³-hybridized carbons (Fsp3) is 0.250. The van der Waals surface area contributed by atoms with Crippen LogP contribution in [0.1, 0.15) is 20.7 Å². The lowest BCUT2D eigenvalue weighted by atomic mass is 10.3. The Morgan fingerprint density at radius 2 is 1.20 bits per heavy atom. The SMILES string of the molecule is Cl.Cl.O=C(OCCOCCOC(=O)c1cccnc1)c1cccnc1. The summed E-state index contributed by atoms with van der Waals surface area (Å²) >= 11 is 0. The number of hydrogen-bond acceptors (Lipinski definition) is 7. The Hall–Kier alpha value is -2.22. The highest BCUT2D eigenvalue weighted by molar-refractivity contribution is 5.89.